The molecule has 1 aliphatic carbocycles. The zero-order chi connectivity index (χ0) is 25.5. The van der Waals surface area contributed by atoms with Crippen molar-refractivity contribution in [2.45, 2.75) is 43.6 Å². The minimum Gasteiger partial charge on any atom is -0.506 e. The number of fused-ring (bicyclic) bond motifs is 2. The first kappa shape index (κ1) is 23.8. The van der Waals surface area contributed by atoms with Crippen LogP contribution in [0, 0.1) is 0 Å². The van der Waals surface area contributed by atoms with Gasteiger partial charge in [-0.2, -0.15) is 8.42 Å². The fourth-order valence-electron chi connectivity index (χ4n) is 4.86. The maximum atomic E-state index is 13.8. The Hall–Kier alpha value is -3.91. The Morgan fingerprint density at radius 3 is 2.50 bits per heavy atom. The first-order chi connectivity index (χ1) is 17.2. The molecule has 1 aliphatic heterocycles. The minimum absolute atomic E-state index is 0.0584. The quantitative estimate of drug-likeness (QED) is 0.468. The van der Waals surface area contributed by atoms with Crippen LogP contribution >= 0.6 is 0 Å². The first-order valence-corrected chi connectivity index (χ1v) is 13.2. The number of ketones is 1. The van der Waals surface area contributed by atoms with Crippen molar-refractivity contribution < 1.29 is 23.1 Å². The number of benzene rings is 3. The number of nitrogens with zero attached hydrogens (tertiary/aromatic N) is 1. The molecule has 0 spiro atoms. The number of amidine groups is 1. The van der Waals surface area contributed by atoms with Crippen molar-refractivity contribution in [2.24, 2.45) is 4.40 Å². The molecule has 1 heterocycles. The fourth-order valence-corrected chi connectivity index (χ4v) is 5.99. The number of hydrogen-bond donors (Lipinski definition) is 2. The number of carbonyl (C=O) groups is 1. The molecule has 0 saturated heterocycles. The van der Waals surface area contributed by atoms with Crippen LogP contribution in [0.2, 0.25) is 0 Å². The Balaban J connectivity index is 1.53. The maximum absolute atomic E-state index is 13.8. The van der Waals surface area contributed by atoms with Gasteiger partial charge in [0.25, 0.3) is 10.0 Å². The van der Waals surface area contributed by atoms with Gasteiger partial charge in [0.2, 0.25) is 0 Å². The Morgan fingerprint density at radius 1 is 1.03 bits per heavy atom. The summed E-state index contributed by atoms with van der Waals surface area (Å²) in [6.07, 6.45) is 1.27. The van der Waals surface area contributed by atoms with Gasteiger partial charge >= 0.3 is 0 Å². The van der Waals surface area contributed by atoms with E-state index in [2.05, 4.69) is 9.71 Å². The third-order valence-corrected chi connectivity index (χ3v) is 7.99. The molecule has 3 aromatic carbocycles. The third-order valence-electron chi connectivity index (χ3n) is 6.67. The van der Waals surface area contributed by atoms with Crippen LogP contribution in [0.4, 0.5) is 5.69 Å². The molecule has 0 aromatic heterocycles. The van der Waals surface area contributed by atoms with Crippen LogP contribution in [0.5, 0.6) is 5.75 Å². The Labute approximate surface area is 210 Å². The van der Waals surface area contributed by atoms with Gasteiger partial charge in [0.05, 0.1) is 11.1 Å². The van der Waals surface area contributed by atoms with Crippen LogP contribution in [0.1, 0.15) is 43.4 Å². The van der Waals surface area contributed by atoms with Crippen molar-refractivity contribution in [3.8, 4) is 5.75 Å². The molecule has 0 radical (unpaired) electrons. The van der Waals surface area contributed by atoms with Crippen molar-refractivity contribution in [1.82, 2.24) is 0 Å². The number of rotatable bonds is 6. The molecule has 7 nitrogen and oxygen atoms in total. The monoisotopic (exact) mass is 502 g/mol. The molecule has 2 N–H and O–H groups in total. The molecule has 184 valence electrons. The van der Waals surface area contributed by atoms with Gasteiger partial charge in [-0.25, -0.2) is 0 Å². The lowest BCUT2D eigenvalue weighted by Gasteiger charge is -2.36. The number of hydrogen-bond acceptors (Lipinski definition) is 6. The van der Waals surface area contributed by atoms with Crippen LogP contribution < -0.4 is 10.1 Å². The lowest BCUT2D eigenvalue weighted by Crippen LogP contribution is -2.42. The number of anilines is 1. The highest BCUT2D eigenvalue weighted by Gasteiger charge is 2.46. The Kier molecular flexibility index (Phi) is 5.92. The van der Waals surface area contributed by atoms with Crippen LogP contribution in [-0.2, 0) is 26.8 Å². The molecule has 3 aromatic rings. The number of carbonyl (C=O) groups excluding carboxylic acids is 1. The number of aliphatic hydroxyl groups excluding tert-OH is 1. The SMILES string of the molecule is CCCC1(C)C(=O)C(C2=NS(=O)(=O)c3cc(OCc4ccccc4)ccc3N2)=C(O)c2ccccc21. The predicted molar refractivity (Wildman–Crippen MR) is 139 cm³/mol. The van der Waals surface area contributed by atoms with Crippen molar-refractivity contribution >= 4 is 33.1 Å². The summed E-state index contributed by atoms with van der Waals surface area (Å²) in [7, 11) is -4.17. The van der Waals surface area contributed by atoms with E-state index in [0.29, 0.717) is 17.7 Å². The zero-order valence-electron chi connectivity index (χ0n) is 20.0. The van der Waals surface area contributed by atoms with E-state index in [1.807, 2.05) is 56.3 Å². The van der Waals surface area contributed by atoms with Gasteiger partial charge in [0, 0.05) is 11.6 Å². The molecular formula is C28H26N2O5S. The van der Waals surface area contributed by atoms with E-state index in [0.717, 1.165) is 17.5 Å². The number of sulfonamides is 1. The molecule has 1 unspecified atom stereocenters. The third kappa shape index (κ3) is 3.97. The first-order valence-electron chi connectivity index (χ1n) is 11.8. The minimum atomic E-state index is -4.17. The molecule has 8 heteroatoms. The van der Waals surface area contributed by atoms with E-state index >= 15 is 0 Å². The molecule has 0 fully saturated rings. The normalized spacial score (nSPS) is 20.2. The lowest BCUT2D eigenvalue weighted by molar-refractivity contribution is -0.120. The largest absolute Gasteiger partial charge is 0.506 e. The summed E-state index contributed by atoms with van der Waals surface area (Å²) >= 11 is 0. The molecular weight excluding hydrogens is 476 g/mol. The van der Waals surface area contributed by atoms with Crippen LogP contribution in [0.25, 0.3) is 5.76 Å². The van der Waals surface area contributed by atoms with Gasteiger partial charge in [0.15, 0.2) is 11.6 Å². The number of Topliss-reactive ketones (excluding diaryl/α,β-unsaturated/α-hetero) is 1. The lowest BCUT2D eigenvalue weighted by atomic mass is 9.67. The average Bonchev–Trinajstić information content (AvgIpc) is 2.87. The van der Waals surface area contributed by atoms with E-state index in [1.54, 1.807) is 24.3 Å². The molecule has 0 amide bonds. The van der Waals surface area contributed by atoms with Gasteiger partial charge in [-0.3, -0.25) is 4.79 Å². The summed E-state index contributed by atoms with van der Waals surface area (Å²) in [5.74, 6) is -0.452. The molecule has 0 bridgehead atoms. The Morgan fingerprint density at radius 2 is 1.75 bits per heavy atom. The standard InChI is InChI=1S/C28H26N2O5S/c1-3-15-28(2)21-12-8-7-11-20(21)25(31)24(26(28)32)27-29-22-14-13-19(16-23(22)36(33,34)30-27)35-17-18-9-5-4-6-10-18/h4-14,16,31H,3,15,17H2,1-2H3,(H,29,30). The van der Waals surface area contributed by atoms with Crippen LogP contribution in [-0.4, -0.2) is 25.1 Å². The second kappa shape index (κ2) is 8.95. The van der Waals surface area contributed by atoms with Crippen molar-refractivity contribution in [2.75, 3.05) is 5.32 Å². The van der Waals surface area contributed by atoms with Gasteiger partial charge in [0.1, 0.15) is 28.6 Å². The van der Waals surface area contributed by atoms with E-state index in [-0.39, 0.29) is 40.1 Å². The van der Waals surface area contributed by atoms with Gasteiger partial charge < -0.3 is 15.2 Å². The molecule has 36 heavy (non-hydrogen) atoms. The van der Waals surface area contributed by atoms with E-state index < -0.39 is 15.4 Å². The number of aliphatic hydroxyl groups is 1. The summed E-state index contributed by atoms with van der Waals surface area (Å²) in [6, 6.07) is 21.3. The van der Waals surface area contributed by atoms with Gasteiger partial charge in [-0.05, 0) is 36.6 Å². The summed E-state index contributed by atoms with van der Waals surface area (Å²) in [5.41, 5.74) is 1.39. The number of nitrogens with one attached hydrogen (secondary N) is 1. The summed E-state index contributed by atoms with van der Waals surface area (Å²) in [4.78, 5) is 13.7. The van der Waals surface area contributed by atoms with Crippen molar-refractivity contribution in [3.63, 3.8) is 0 Å². The van der Waals surface area contributed by atoms with E-state index in [4.69, 9.17) is 4.74 Å². The maximum Gasteiger partial charge on any atom is 0.286 e. The second-order valence-corrected chi connectivity index (χ2v) is 10.7. The number of ether oxygens (including phenoxy) is 1. The van der Waals surface area contributed by atoms with Gasteiger partial charge in [-0.15, -0.1) is 4.40 Å². The Bertz CT molecular complexity index is 1530. The van der Waals surface area contributed by atoms with Crippen LogP contribution in [0.3, 0.4) is 0 Å². The smallest absolute Gasteiger partial charge is 0.286 e. The topological polar surface area (TPSA) is 105 Å². The highest BCUT2D eigenvalue weighted by molar-refractivity contribution is 7.90. The van der Waals surface area contributed by atoms with E-state index in [1.165, 1.54) is 6.07 Å². The molecule has 1 atom stereocenters. The molecule has 0 saturated carbocycles. The van der Waals surface area contributed by atoms with E-state index in [9.17, 15) is 18.3 Å². The highest BCUT2D eigenvalue weighted by atomic mass is 32.2. The summed E-state index contributed by atoms with van der Waals surface area (Å²) < 4.78 is 36.1. The second-order valence-electron chi connectivity index (χ2n) is 9.15. The zero-order valence-corrected chi connectivity index (χ0v) is 20.8. The summed E-state index contributed by atoms with van der Waals surface area (Å²) in [5, 5.41) is 14.1. The van der Waals surface area contributed by atoms with Crippen LogP contribution in [0.15, 0.2) is 87.7 Å². The van der Waals surface area contributed by atoms with Gasteiger partial charge in [-0.1, -0.05) is 67.9 Å². The van der Waals surface area contributed by atoms with Crippen molar-refractivity contribution in [3.05, 3.63) is 95.1 Å². The highest BCUT2D eigenvalue weighted by Crippen LogP contribution is 2.43. The summed E-state index contributed by atoms with van der Waals surface area (Å²) in [6.45, 7) is 4.09. The fraction of sp³-hybridized carbons (Fsp3) is 0.214. The average molecular weight is 503 g/mol. The predicted octanol–water partition coefficient (Wildman–Crippen LogP) is 5.39. The molecule has 5 rings (SSSR count). The van der Waals surface area contributed by atoms with Crippen molar-refractivity contribution in [1.29, 1.82) is 0 Å². The molecule has 2 aliphatic rings.